The van der Waals surface area contributed by atoms with E-state index in [1.165, 1.54) is 0 Å². The summed E-state index contributed by atoms with van der Waals surface area (Å²) < 4.78 is 0. The topological polar surface area (TPSA) is 44.4 Å². The van der Waals surface area contributed by atoms with E-state index in [9.17, 15) is 4.79 Å². The molecule has 2 aromatic carbocycles. The van der Waals surface area contributed by atoms with Gasteiger partial charge in [-0.15, -0.1) is 12.4 Å². The number of halogens is 1. The van der Waals surface area contributed by atoms with Crippen LogP contribution in [0.15, 0.2) is 60.7 Å². The summed E-state index contributed by atoms with van der Waals surface area (Å²) in [5.74, 6) is 0.0316. The Labute approximate surface area is 156 Å². The predicted octanol–water partition coefficient (Wildman–Crippen LogP) is 3.47. The molecule has 1 aliphatic heterocycles. The number of piperidine rings is 1. The summed E-state index contributed by atoms with van der Waals surface area (Å²) in [5, 5.41) is 6.43. The molecule has 3 rings (SSSR count). The van der Waals surface area contributed by atoms with E-state index < -0.39 is 0 Å². The molecule has 2 aromatic rings. The number of likely N-dealkylation sites (N-methyl/N-ethyl adjacent to an activating group) is 1. The third-order valence-electron chi connectivity index (χ3n) is 4.63. The third-order valence-corrected chi connectivity index (χ3v) is 4.63. The van der Waals surface area contributed by atoms with Crippen LogP contribution in [0.1, 0.15) is 24.4 Å². The normalized spacial score (nSPS) is 18.8. The fraction of sp³-hybridized carbons (Fsp3) is 0.350. The van der Waals surface area contributed by atoms with Crippen molar-refractivity contribution in [3.63, 3.8) is 0 Å². The van der Waals surface area contributed by atoms with Crippen LogP contribution < -0.4 is 10.6 Å². The van der Waals surface area contributed by atoms with Crippen LogP contribution in [0.3, 0.4) is 0 Å². The minimum Gasteiger partial charge on any atom is -0.324 e. The largest absolute Gasteiger partial charge is 0.324 e. The molecule has 0 spiro atoms. The molecule has 1 heterocycles. The Hall–Kier alpha value is -1.88. The van der Waals surface area contributed by atoms with Crippen molar-refractivity contribution in [2.45, 2.75) is 24.9 Å². The van der Waals surface area contributed by atoms with Crippen LogP contribution in [-0.4, -0.2) is 37.0 Å². The standard InChI is InChI=1S/C20H25N3O.ClH/c1-21-18-13-8-14-23(15-18)19(16-9-4-2-5-10-16)20(24)22-17-11-6-3-7-12-17;/h2-7,9-12,18-19,21H,8,13-15H2,1H3,(H,22,24);1H. The zero-order chi connectivity index (χ0) is 16.8. The molecule has 1 amide bonds. The minimum atomic E-state index is -0.262. The number of para-hydroxylation sites is 1. The number of nitrogens with one attached hydrogen (secondary N) is 2. The second kappa shape index (κ2) is 9.56. The van der Waals surface area contributed by atoms with Gasteiger partial charge in [0.15, 0.2) is 0 Å². The van der Waals surface area contributed by atoms with Gasteiger partial charge in [-0.3, -0.25) is 9.69 Å². The lowest BCUT2D eigenvalue weighted by Gasteiger charge is -2.37. The average Bonchev–Trinajstić information content (AvgIpc) is 2.64. The van der Waals surface area contributed by atoms with E-state index in [-0.39, 0.29) is 24.4 Å². The number of carbonyl (C=O) groups is 1. The summed E-state index contributed by atoms with van der Waals surface area (Å²) in [6, 6.07) is 19.9. The number of hydrogen-bond donors (Lipinski definition) is 2. The summed E-state index contributed by atoms with van der Waals surface area (Å²) in [6.45, 7) is 1.83. The Kier molecular flexibility index (Phi) is 7.44. The van der Waals surface area contributed by atoms with Crippen LogP contribution in [0.25, 0.3) is 0 Å². The highest BCUT2D eigenvalue weighted by molar-refractivity contribution is 5.95. The molecule has 0 aromatic heterocycles. The zero-order valence-electron chi connectivity index (χ0n) is 14.5. The van der Waals surface area contributed by atoms with Crippen LogP contribution >= 0.6 is 12.4 Å². The molecule has 1 aliphatic rings. The van der Waals surface area contributed by atoms with Crippen LogP contribution in [0, 0.1) is 0 Å². The molecule has 134 valence electrons. The summed E-state index contributed by atoms with van der Waals surface area (Å²) >= 11 is 0. The van der Waals surface area contributed by atoms with Crippen LogP contribution in [-0.2, 0) is 4.79 Å². The molecule has 1 fully saturated rings. The number of rotatable bonds is 5. The van der Waals surface area contributed by atoms with Gasteiger partial charge >= 0.3 is 0 Å². The van der Waals surface area contributed by atoms with Crippen molar-refractivity contribution >= 4 is 24.0 Å². The molecular weight excluding hydrogens is 334 g/mol. The van der Waals surface area contributed by atoms with Crippen molar-refractivity contribution in [3.05, 3.63) is 66.2 Å². The first-order chi connectivity index (χ1) is 11.8. The maximum Gasteiger partial charge on any atom is 0.246 e. The second-order valence-corrected chi connectivity index (χ2v) is 6.29. The van der Waals surface area contributed by atoms with E-state index in [0.717, 1.165) is 37.2 Å². The number of benzene rings is 2. The Morgan fingerprint density at radius 3 is 2.36 bits per heavy atom. The molecule has 1 saturated heterocycles. The lowest BCUT2D eigenvalue weighted by molar-refractivity contribution is -0.122. The maximum absolute atomic E-state index is 13.0. The van der Waals surface area contributed by atoms with Crippen LogP contribution in [0.5, 0.6) is 0 Å². The lowest BCUT2D eigenvalue weighted by atomic mass is 9.98. The lowest BCUT2D eigenvalue weighted by Crippen LogP contribution is -2.48. The third kappa shape index (κ3) is 5.05. The monoisotopic (exact) mass is 359 g/mol. The summed E-state index contributed by atoms with van der Waals surface area (Å²) in [4.78, 5) is 15.3. The van der Waals surface area contributed by atoms with E-state index in [2.05, 4.69) is 15.5 Å². The highest BCUT2D eigenvalue weighted by atomic mass is 35.5. The summed E-state index contributed by atoms with van der Waals surface area (Å²) in [6.07, 6.45) is 2.27. The Bertz CT molecular complexity index is 651. The van der Waals surface area contributed by atoms with Crippen molar-refractivity contribution < 1.29 is 4.79 Å². The fourth-order valence-corrected chi connectivity index (χ4v) is 3.37. The number of nitrogens with zero attached hydrogens (tertiary/aromatic N) is 1. The Morgan fingerprint density at radius 2 is 1.72 bits per heavy atom. The van der Waals surface area contributed by atoms with E-state index in [4.69, 9.17) is 0 Å². The molecule has 0 saturated carbocycles. The van der Waals surface area contributed by atoms with Crippen molar-refractivity contribution in [1.82, 2.24) is 10.2 Å². The van der Waals surface area contributed by atoms with Crippen molar-refractivity contribution in [3.8, 4) is 0 Å². The van der Waals surface area contributed by atoms with E-state index in [0.29, 0.717) is 6.04 Å². The fourth-order valence-electron chi connectivity index (χ4n) is 3.37. The number of carbonyl (C=O) groups excluding carboxylic acids is 1. The van der Waals surface area contributed by atoms with E-state index in [1.807, 2.05) is 67.7 Å². The SMILES string of the molecule is CNC1CCCN(C(C(=O)Nc2ccccc2)c2ccccc2)C1.Cl. The van der Waals surface area contributed by atoms with Gasteiger partial charge in [-0.05, 0) is 44.1 Å². The smallest absolute Gasteiger partial charge is 0.246 e. The zero-order valence-corrected chi connectivity index (χ0v) is 15.3. The van der Waals surface area contributed by atoms with Gasteiger partial charge in [0.05, 0.1) is 0 Å². The number of amides is 1. The van der Waals surface area contributed by atoms with Crippen molar-refractivity contribution in [2.24, 2.45) is 0 Å². The first-order valence-electron chi connectivity index (χ1n) is 8.60. The molecule has 0 radical (unpaired) electrons. The van der Waals surface area contributed by atoms with Gasteiger partial charge < -0.3 is 10.6 Å². The molecule has 5 heteroatoms. The molecule has 0 aliphatic carbocycles. The molecule has 25 heavy (non-hydrogen) atoms. The number of anilines is 1. The molecule has 2 atom stereocenters. The molecule has 4 nitrogen and oxygen atoms in total. The minimum absolute atomic E-state index is 0. The van der Waals surface area contributed by atoms with Gasteiger partial charge in [0.25, 0.3) is 0 Å². The predicted molar refractivity (Wildman–Crippen MR) is 105 cm³/mol. The first kappa shape index (κ1) is 19.4. The van der Waals surface area contributed by atoms with Crippen molar-refractivity contribution in [1.29, 1.82) is 0 Å². The average molecular weight is 360 g/mol. The van der Waals surface area contributed by atoms with Gasteiger partial charge in [-0.2, -0.15) is 0 Å². The first-order valence-corrected chi connectivity index (χ1v) is 8.60. The Balaban J connectivity index is 0.00000225. The van der Waals surface area contributed by atoms with Gasteiger partial charge in [-0.25, -0.2) is 0 Å². The van der Waals surface area contributed by atoms with Gasteiger partial charge in [0.1, 0.15) is 6.04 Å². The highest BCUT2D eigenvalue weighted by Gasteiger charge is 2.31. The van der Waals surface area contributed by atoms with Crippen LogP contribution in [0.2, 0.25) is 0 Å². The van der Waals surface area contributed by atoms with Crippen molar-refractivity contribution in [2.75, 3.05) is 25.5 Å². The molecular formula is C20H26ClN3O. The quantitative estimate of drug-likeness (QED) is 0.859. The van der Waals surface area contributed by atoms with Gasteiger partial charge in [-0.1, -0.05) is 48.5 Å². The Morgan fingerprint density at radius 1 is 1.08 bits per heavy atom. The number of hydrogen-bond acceptors (Lipinski definition) is 3. The second-order valence-electron chi connectivity index (χ2n) is 6.29. The molecule has 0 bridgehead atoms. The summed E-state index contributed by atoms with van der Waals surface area (Å²) in [7, 11) is 2.00. The number of likely N-dealkylation sites (tertiary alicyclic amines) is 1. The molecule has 2 unspecified atom stereocenters. The van der Waals surface area contributed by atoms with Gasteiger partial charge in [0.2, 0.25) is 5.91 Å². The molecule has 2 N–H and O–H groups in total. The summed E-state index contributed by atoms with van der Waals surface area (Å²) in [5.41, 5.74) is 1.88. The highest BCUT2D eigenvalue weighted by Crippen LogP contribution is 2.26. The van der Waals surface area contributed by atoms with E-state index >= 15 is 0 Å². The van der Waals surface area contributed by atoms with E-state index in [1.54, 1.807) is 0 Å². The van der Waals surface area contributed by atoms with Crippen LogP contribution in [0.4, 0.5) is 5.69 Å². The maximum atomic E-state index is 13.0. The van der Waals surface area contributed by atoms with Gasteiger partial charge in [0, 0.05) is 18.3 Å².